The van der Waals surface area contributed by atoms with E-state index in [2.05, 4.69) is 0 Å². The van der Waals surface area contributed by atoms with E-state index in [-0.39, 0.29) is 16.8 Å². The summed E-state index contributed by atoms with van der Waals surface area (Å²) in [4.78, 5) is 10.1. The van der Waals surface area contributed by atoms with Crippen LogP contribution in [0.3, 0.4) is 0 Å². The van der Waals surface area contributed by atoms with Gasteiger partial charge in [0.05, 0.1) is 10.5 Å². The largest absolute Gasteiger partial charge is 0.277 e. The molecule has 0 aliphatic heterocycles. The lowest BCUT2D eigenvalue weighted by Gasteiger charge is -2.04. The number of hydrogen-bond acceptors (Lipinski definition) is 2. The molecule has 0 fully saturated rings. The standard InChI is InChI=1S/C12H6F3NO2/c13-8-2-4-12(16(17)18)9(6-8)7-1-3-10(14)11(15)5-7/h1-6H. The van der Waals surface area contributed by atoms with Crippen LogP contribution in [0.1, 0.15) is 0 Å². The van der Waals surface area contributed by atoms with Gasteiger partial charge in [-0.05, 0) is 29.8 Å². The predicted molar refractivity (Wildman–Crippen MR) is 58.4 cm³/mol. The normalized spacial score (nSPS) is 10.4. The van der Waals surface area contributed by atoms with E-state index in [1.165, 1.54) is 0 Å². The lowest BCUT2D eigenvalue weighted by Crippen LogP contribution is -1.94. The van der Waals surface area contributed by atoms with Crippen LogP contribution in [0.2, 0.25) is 0 Å². The van der Waals surface area contributed by atoms with Crippen molar-refractivity contribution >= 4 is 5.69 Å². The van der Waals surface area contributed by atoms with E-state index in [0.29, 0.717) is 0 Å². The topological polar surface area (TPSA) is 43.1 Å². The Morgan fingerprint density at radius 1 is 0.944 bits per heavy atom. The van der Waals surface area contributed by atoms with E-state index < -0.39 is 22.4 Å². The van der Waals surface area contributed by atoms with Gasteiger partial charge in [-0.2, -0.15) is 0 Å². The Balaban J connectivity index is 2.65. The minimum atomic E-state index is -1.15. The van der Waals surface area contributed by atoms with Crippen molar-refractivity contribution < 1.29 is 18.1 Å². The van der Waals surface area contributed by atoms with Gasteiger partial charge in [-0.25, -0.2) is 13.2 Å². The van der Waals surface area contributed by atoms with Crippen molar-refractivity contribution in [2.75, 3.05) is 0 Å². The monoisotopic (exact) mass is 253 g/mol. The third-order valence-corrected chi connectivity index (χ3v) is 2.39. The summed E-state index contributed by atoms with van der Waals surface area (Å²) in [6.45, 7) is 0. The van der Waals surface area contributed by atoms with Crippen LogP contribution >= 0.6 is 0 Å². The molecule has 3 nitrogen and oxygen atoms in total. The van der Waals surface area contributed by atoms with Gasteiger partial charge in [-0.1, -0.05) is 6.07 Å². The first-order valence-corrected chi connectivity index (χ1v) is 4.88. The third-order valence-electron chi connectivity index (χ3n) is 2.39. The predicted octanol–water partition coefficient (Wildman–Crippen LogP) is 3.68. The van der Waals surface area contributed by atoms with Crippen molar-refractivity contribution in [3.63, 3.8) is 0 Å². The zero-order valence-electron chi connectivity index (χ0n) is 8.86. The quantitative estimate of drug-likeness (QED) is 0.605. The molecule has 0 atom stereocenters. The molecule has 6 heteroatoms. The van der Waals surface area contributed by atoms with Crippen molar-refractivity contribution in [3.8, 4) is 11.1 Å². The van der Waals surface area contributed by atoms with Gasteiger partial charge in [0.25, 0.3) is 5.69 Å². The van der Waals surface area contributed by atoms with Gasteiger partial charge in [0.1, 0.15) is 5.82 Å². The van der Waals surface area contributed by atoms with E-state index in [4.69, 9.17) is 0 Å². The van der Waals surface area contributed by atoms with Crippen molar-refractivity contribution in [1.82, 2.24) is 0 Å². The maximum Gasteiger partial charge on any atom is 0.277 e. The Labute approximate surface area is 99.6 Å². The molecular weight excluding hydrogens is 247 g/mol. The van der Waals surface area contributed by atoms with Gasteiger partial charge in [0, 0.05) is 6.07 Å². The highest BCUT2D eigenvalue weighted by Gasteiger charge is 2.17. The highest BCUT2D eigenvalue weighted by atomic mass is 19.2. The molecule has 2 aromatic rings. The molecule has 0 N–H and O–H groups in total. The average Bonchev–Trinajstić information content (AvgIpc) is 2.32. The van der Waals surface area contributed by atoms with Crippen LogP contribution in [-0.2, 0) is 0 Å². The Hall–Kier alpha value is -2.37. The zero-order valence-corrected chi connectivity index (χ0v) is 8.86. The Kier molecular flexibility index (Phi) is 3.01. The summed E-state index contributed by atoms with van der Waals surface area (Å²) in [6, 6.07) is 5.59. The maximum atomic E-state index is 13.1. The van der Waals surface area contributed by atoms with Gasteiger partial charge in [0.15, 0.2) is 11.6 Å². The fourth-order valence-corrected chi connectivity index (χ4v) is 1.56. The summed E-state index contributed by atoms with van der Waals surface area (Å²) < 4.78 is 38.9. The molecule has 92 valence electrons. The Morgan fingerprint density at radius 2 is 1.67 bits per heavy atom. The fraction of sp³-hybridized carbons (Fsp3) is 0. The van der Waals surface area contributed by atoms with Gasteiger partial charge in [0.2, 0.25) is 0 Å². The number of halogens is 3. The molecule has 0 aliphatic rings. The molecule has 0 saturated carbocycles. The molecule has 0 heterocycles. The molecular formula is C12H6F3NO2. The fourth-order valence-electron chi connectivity index (χ4n) is 1.56. The second-order valence-electron chi connectivity index (χ2n) is 3.55. The molecule has 0 unspecified atom stereocenters. The lowest BCUT2D eigenvalue weighted by atomic mass is 10.0. The van der Waals surface area contributed by atoms with Crippen LogP contribution in [0.15, 0.2) is 36.4 Å². The van der Waals surface area contributed by atoms with Gasteiger partial charge >= 0.3 is 0 Å². The smallest absolute Gasteiger partial charge is 0.258 e. The minimum Gasteiger partial charge on any atom is -0.258 e. The summed E-state index contributed by atoms with van der Waals surface area (Å²) in [6.07, 6.45) is 0. The lowest BCUT2D eigenvalue weighted by molar-refractivity contribution is -0.384. The molecule has 18 heavy (non-hydrogen) atoms. The first kappa shape index (κ1) is 12.1. The zero-order chi connectivity index (χ0) is 13.3. The number of rotatable bonds is 2. The second-order valence-corrected chi connectivity index (χ2v) is 3.55. The van der Waals surface area contributed by atoms with Crippen LogP contribution in [0.4, 0.5) is 18.9 Å². The van der Waals surface area contributed by atoms with Crippen LogP contribution in [0, 0.1) is 27.6 Å². The van der Waals surface area contributed by atoms with E-state index in [1.54, 1.807) is 0 Å². The number of benzene rings is 2. The van der Waals surface area contributed by atoms with E-state index in [9.17, 15) is 23.3 Å². The van der Waals surface area contributed by atoms with Crippen LogP contribution < -0.4 is 0 Å². The van der Waals surface area contributed by atoms with Gasteiger partial charge in [-0.3, -0.25) is 10.1 Å². The number of hydrogen-bond donors (Lipinski definition) is 0. The van der Waals surface area contributed by atoms with Gasteiger partial charge < -0.3 is 0 Å². The second kappa shape index (κ2) is 4.48. The highest BCUT2D eigenvalue weighted by Crippen LogP contribution is 2.31. The van der Waals surface area contributed by atoms with Crippen LogP contribution in [0.25, 0.3) is 11.1 Å². The van der Waals surface area contributed by atoms with Crippen LogP contribution in [-0.4, -0.2) is 4.92 Å². The summed E-state index contributed by atoms with van der Waals surface area (Å²) in [7, 11) is 0. The molecule has 0 bridgehead atoms. The highest BCUT2D eigenvalue weighted by molar-refractivity contribution is 5.73. The summed E-state index contributed by atoms with van der Waals surface area (Å²) in [5, 5.41) is 10.8. The summed E-state index contributed by atoms with van der Waals surface area (Å²) in [5.41, 5.74) is -0.429. The molecule has 0 amide bonds. The Bertz CT molecular complexity index is 629. The Morgan fingerprint density at radius 3 is 2.28 bits per heavy atom. The molecule has 0 spiro atoms. The maximum absolute atomic E-state index is 13.1. The first-order valence-electron chi connectivity index (χ1n) is 4.88. The van der Waals surface area contributed by atoms with Crippen LogP contribution in [0.5, 0.6) is 0 Å². The SMILES string of the molecule is O=[N+]([O-])c1ccc(F)cc1-c1ccc(F)c(F)c1. The molecule has 0 aliphatic carbocycles. The number of nitro groups is 1. The van der Waals surface area contributed by atoms with Crippen molar-refractivity contribution in [2.24, 2.45) is 0 Å². The molecule has 0 radical (unpaired) electrons. The molecule has 0 saturated heterocycles. The van der Waals surface area contributed by atoms with E-state index >= 15 is 0 Å². The van der Waals surface area contributed by atoms with Crippen molar-refractivity contribution in [2.45, 2.75) is 0 Å². The number of nitrogens with zero attached hydrogens (tertiary/aromatic N) is 1. The summed E-state index contributed by atoms with van der Waals surface area (Å²) >= 11 is 0. The average molecular weight is 253 g/mol. The third kappa shape index (κ3) is 2.17. The van der Waals surface area contributed by atoms with Crippen molar-refractivity contribution in [1.29, 1.82) is 0 Å². The van der Waals surface area contributed by atoms with Crippen molar-refractivity contribution in [3.05, 3.63) is 64.0 Å². The van der Waals surface area contributed by atoms with Gasteiger partial charge in [-0.15, -0.1) is 0 Å². The molecule has 2 rings (SSSR count). The van der Waals surface area contributed by atoms with E-state index in [0.717, 1.165) is 36.4 Å². The molecule has 2 aromatic carbocycles. The van der Waals surface area contributed by atoms with E-state index in [1.807, 2.05) is 0 Å². The number of nitro benzene ring substituents is 1. The minimum absolute atomic E-state index is 0.0418. The molecule has 0 aromatic heterocycles. The summed E-state index contributed by atoms with van der Waals surface area (Å²) in [5.74, 6) is -2.91. The first-order chi connectivity index (χ1) is 8.49.